The van der Waals surface area contributed by atoms with Crippen LogP contribution in [0.2, 0.25) is 0 Å². The summed E-state index contributed by atoms with van der Waals surface area (Å²) in [7, 11) is 2.70. The lowest BCUT2D eigenvalue weighted by atomic mass is 10.1. The second-order valence-electron chi connectivity index (χ2n) is 3.95. The number of ether oxygens (including phenoxy) is 3. The summed E-state index contributed by atoms with van der Waals surface area (Å²) in [6, 6.07) is 1.37. The van der Waals surface area contributed by atoms with Crippen molar-refractivity contribution in [3.8, 4) is 11.8 Å². The van der Waals surface area contributed by atoms with Gasteiger partial charge in [-0.25, -0.2) is 9.18 Å². The number of anilines is 1. The number of carbonyl (C=O) groups is 2. The Balaban J connectivity index is 2.94. The van der Waals surface area contributed by atoms with Gasteiger partial charge in [0, 0.05) is 0 Å². The number of esters is 1. The lowest BCUT2D eigenvalue weighted by Crippen LogP contribution is -2.44. The van der Waals surface area contributed by atoms with Crippen molar-refractivity contribution in [1.82, 2.24) is 9.97 Å². The molecule has 0 saturated heterocycles. The van der Waals surface area contributed by atoms with E-state index in [-0.39, 0.29) is 24.3 Å². The van der Waals surface area contributed by atoms with Crippen molar-refractivity contribution in [3.05, 3.63) is 6.07 Å². The minimum Gasteiger partial charge on any atom is -0.481 e. The molecule has 116 valence electrons. The molecule has 1 unspecified atom stereocenters. The predicted molar refractivity (Wildman–Crippen MR) is 69.9 cm³/mol. The van der Waals surface area contributed by atoms with Crippen LogP contribution < -0.4 is 14.8 Å². The zero-order valence-corrected chi connectivity index (χ0v) is 12.1. The maximum Gasteiger partial charge on any atom is 0.353 e. The van der Waals surface area contributed by atoms with E-state index in [2.05, 4.69) is 20.0 Å². The van der Waals surface area contributed by atoms with Gasteiger partial charge in [0.25, 0.3) is 11.6 Å². The molecular weight excluding hydrogens is 285 g/mol. The topological polar surface area (TPSA) is 99.6 Å². The number of hydrogen-bond acceptors (Lipinski definition) is 7. The second kappa shape index (κ2) is 6.82. The van der Waals surface area contributed by atoms with E-state index < -0.39 is 17.5 Å². The highest BCUT2D eigenvalue weighted by molar-refractivity contribution is 6.10. The normalized spacial score (nSPS) is 13.0. The van der Waals surface area contributed by atoms with Gasteiger partial charge in [-0.05, 0) is 13.8 Å². The number of hydrogen-bond donors (Lipinski definition) is 1. The number of nitrogens with zero attached hydrogens (tertiary/aromatic N) is 2. The summed E-state index contributed by atoms with van der Waals surface area (Å²) in [6.45, 7) is 2.24. The summed E-state index contributed by atoms with van der Waals surface area (Å²) in [5, 5.41) is 2.07. The van der Waals surface area contributed by atoms with Crippen molar-refractivity contribution in [2.75, 3.05) is 26.1 Å². The fraction of sp³-hybridized carbons (Fsp3) is 0.500. The highest BCUT2D eigenvalue weighted by Gasteiger charge is 2.43. The van der Waals surface area contributed by atoms with Gasteiger partial charge in [0.05, 0.1) is 26.9 Å². The lowest BCUT2D eigenvalue weighted by Gasteiger charge is -2.17. The highest BCUT2D eigenvalue weighted by atomic mass is 19.1. The molecule has 1 aromatic rings. The van der Waals surface area contributed by atoms with Crippen molar-refractivity contribution < 1.29 is 28.2 Å². The molecule has 0 aromatic carbocycles. The molecule has 0 spiro atoms. The summed E-state index contributed by atoms with van der Waals surface area (Å²) < 4.78 is 28.4. The van der Waals surface area contributed by atoms with Crippen LogP contribution in [-0.4, -0.2) is 48.3 Å². The summed E-state index contributed by atoms with van der Waals surface area (Å²) >= 11 is 0. The molecule has 1 amide bonds. The van der Waals surface area contributed by atoms with E-state index >= 15 is 0 Å². The first-order chi connectivity index (χ1) is 9.84. The van der Waals surface area contributed by atoms with Crippen LogP contribution in [0.25, 0.3) is 0 Å². The summed E-state index contributed by atoms with van der Waals surface area (Å²) in [5.74, 6) is -2.60. The third-order valence-electron chi connectivity index (χ3n) is 2.41. The van der Waals surface area contributed by atoms with E-state index in [0.717, 1.165) is 6.92 Å². The zero-order valence-electron chi connectivity index (χ0n) is 12.1. The maximum absolute atomic E-state index is 14.1. The monoisotopic (exact) mass is 301 g/mol. The van der Waals surface area contributed by atoms with Crippen LogP contribution >= 0.6 is 0 Å². The van der Waals surface area contributed by atoms with E-state index in [9.17, 15) is 14.0 Å². The third-order valence-corrected chi connectivity index (χ3v) is 2.41. The Bertz CT molecular complexity index is 513. The summed E-state index contributed by atoms with van der Waals surface area (Å²) in [5.41, 5.74) is -2.87. The fourth-order valence-electron chi connectivity index (χ4n) is 1.25. The van der Waals surface area contributed by atoms with Crippen LogP contribution in [0.5, 0.6) is 11.8 Å². The molecule has 0 bridgehead atoms. The van der Waals surface area contributed by atoms with Gasteiger partial charge in [-0.3, -0.25) is 10.1 Å². The molecule has 1 heterocycles. The van der Waals surface area contributed by atoms with E-state index in [4.69, 9.17) is 9.47 Å². The minimum atomic E-state index is -2.87. The number of aromatic nitrogens is 2. The molecule has 21 heavy (non-hydrogen) atoms. The molecule has 0 saturated carbocycles. The molecule has 8 nitrogen and oxygen atoms in total. The number of carbonyl (C=O) groups excluding carboxylic acids is 2. The molecular formula is C12H16FN3O5. The van der Waals surface area contributed by atoms with Crippen LogP contribution in [0.15, 0.2) is 6.07 Å². The zero-order chi connectivity index (χ0) is 16.0. The minimum absolute atomic E-state index is 0.0465. The average Bonchev–Trinajstić information content (AvgIpc) is 2.46. The smallest absolute Gasteiger partial charge is 0.353 e. The molecule has 0 aliphatic carbocycles. The van der Waals surface area contributed by atoms with Crippen molar-refractivity contribution in [2.45, 2.75) is 19.5 Å². The van der Waals surface area contributed by atoms with E-state index in [1.165, 1.54) is 27.2 Å². The van der Waals surface area contributed by atoms with Crippen LogP contribution in [0, 0.1) is 0 Å². The van der Waals surface area contributed by atoms with Crippen LogP contribution in [0.1, 0.15) is 13.8 Å². The Morgan fingerprint density at radius 2 is 1.81 bits per heavy atom. The number of methoxy groups -OCH3 is 2. The van der Waals surface area contributed by atoms with Gasteiger partial charge in [0.2, 0.25) is 17.7 Å². The molecule has 1 rings (SSSR count). The van der Waals surface area contributed by atoms with Gasteiger partial charge < -0.3 is 14.2 Å². The van der Waals surface area contributed by atoms with Crippen molar-refractivity contribution in [1.29, 1.82) is 0 Å². The predicted octanol–water partition coefficient (Wildman–Crippen LogP) is 0.724. The van der Waals surface area contributed by atoms with Crippen LogP contribution in [-0.2, 0) is 14.3 Å². The van der Waals surface area contributed by atoms with E-state index in [0.29, 0.717) is 0 Å². The molecule has 1 atom stereocenters. The number of halogens is 1. The maximum atomic E-state index is 14.1. The number of rotatable bonds is 6. The Labute approximate surface area is 120 Å². The Hall–Kier alpha value is -2.45. The first kappa shape index (κ1) is 16.6. The molecule has 1 N–H and O–H groups in total. The van der Waals surface area contributed by atoms with Crippen molar-refractivity contribution in [3.63, 3.8) is 0 Å². The average molecular weight is 301 g/mol. The van der Waals surface area contributed by atoms with Gasteiger partial charge in [-0.15, -0.1) is 0 Å². The molecule has 0 aliphatic heterocycles. The molecule has 1 aromatic heterocycles. The van der Waals surface area contributed by atoms with Crippen molar-refractivity contribution >= 4 is 17.8 Å². The molecule has 0 radical (unpaired) electrons. The van der Waals surface area contributed by atoms with Gasteiger partial charge in [-0.1, -0.05) is 0 Å². The number of nitrogens with one attached hydrogen (secondary N) is 1. The van der Waals surface area contributed by atoms with Gasteiger partial charge >= 0.3 is 5.97 Å². The third kappa shape index (κ3) is 4.01. The van der Waals surface area contributed by atoms with E-state index in [1.54, 1.807) is 0 Å². The van der Waals surface area contributed by atoms with E-state index in [1.807, 2.05) is 0 Å². The van der Waals surface area contributed by atoms with Crippen molar-refractivity contribution in [2.24, 2.45) is 0 Å². The fourth-order valence-corrected chi connectivity index (χ4v) is 1.25. The Kier molecular flexibility index (Phi) is 5.39. The SMILES string of the molecule is CCOC(=O)C(C)(F)C(=O)Nc1nc(OC)cc(OC)n1. The Morgan fingerprint density at radius 1 is 1.29 bits per heavy atom. The van der Waals surface area contributed by atoms with Gasteiger partial charge in [-0.2, -0.15) is 9.97 Å². The van der Waals surface area contributed by atoms with Gasteiger partial charge in [0.15, 0.2) is 0 Å². The highest BCUT2D eigenvalue weighted by Crippen LogP contribution is 2.20. The molecule has 9 heteroatoms. The Morgan fingerprint density at radius 3 is 2.24 bits per heavy atom. The molecule has 0 fully saturated rings. The quantitative estimate of drug-likeness (QED) is 0.610. The largest absolute Gasteiger partial charge is 0.481 e. The van der Waals surface area contributed by atoms with Crippen LogP contribution in [0.4, 0.5) is 10.3 Å². The number of amides is 1. The lowest BCUT2D eigenvalue weighted by molar-refractivity contribution is -0.160. The standard InChI is InChI=1S/C12H16FN3O5/c1-5-21-10(18)12(2,13)9(17)16-11-14-7(19-3)6-8(15-11)20-4/h6H,5H2,1-4H3,(H,14,15,16,17). The summed E-state index contributed by atoms with van der Waals surface area (Å²) in [6.07, 6.45) is 0. The van der Waals surface area contributed by atoms with Gasteiger partial charge in [0.1, 0.15) is 0 Å². The second-order valence-corrected chi connectivity index (χ2v) is 3.95. The first-order valence-corrected chi connectivity index (χ1v) is 5.99. The van der Waals surface area contributed by atoms with Crippen LogP contribution in [0.3, 0.4) is 0 Å². The summed E-state index contributed by atoms with van der Waals surface area (Å²) in [4.78, 5) is 30.8. The first-order valence-electron chi connectivity index (χ1n) is 5.99. The molecule has 0 aliphatic rings. The number of alkyl halides is 1.